The third-order valence-electron chi connectivity index (χ3n) is 3.06. The van der Waals surface area contributed by atoms with Gasteiger partial charge in [0.2, 0.25) is 5.91 Å². The molecule has 1 amide bonds. The van der Waals surface area contributed by atoms with Gasteiger partial charge in [-0.25, -0.2) is 4.79 Å². The minimum absolute atomic E-state index is 0.0850. The van der Waals surface area contributed by atoms with Gasteiger partial charge in [0.15, 0.2) is 0 Å². The molecule has 0 bridgehead atoms. The van der Waals surface area contributed by atoms with Crippen LogP contribution in [-0.2, 0) is 4.79 Å². The minimum atomic E-state index is -1.04. The summed E-state index contributed by atoms with van der Waals surface area (Å²) >= 11 is 0. The zero-order valence-electron chi connectivity index (χ0n) is 11.4. The first-order chi connectivity index (χ1) is 9.03. The highest BCUT2D eigenvalue weighted by atomic mass is 16.5. The minimum Gasteiger partial charge on any atom is -0.495 e. The lowest BCUT2D eigenvalue weighted by Crippen LogP contribution is -2.22. The van der Waals surface area contributed by atoms with Gasteiger partial charge in [0.25, 0.3) is 0 Å². The lowest BCUT2D eigenvalue weighted by Gasteiger charge is -2.15. The van der Waals surface area contributed by atoms with Crippen molar-refractivity contribution in [3.8, 4) is 5.75 Å². The normalized spacial score (nSPS) is 10.3. The average molecular weight is 265 g/mol. The maximum Gasteiger partial charge on any atom is 0.335 e. The lowest BCUT2D eigenvalue weighted by atomic mass is 10.0. The van der Waals surface area contributed by atoms with E-state index in [2.05, 4.69) is 5.32 Å². The number of amides is 1. The molecule has 104 valence electrons. The van der Waals surface area contributed by atoms with E-state index < -0.39 is 5.97 Å². The summed E-state index contributed by atoms with van der Waals surface area (Å²) in [5, 5.41) is 11.7. The molecule has 0 spiro atoms. The topological polar surface area (TPSA) is 75.6 Å². The second-order valence-electron chi connectivity index (χ2n) is 4.22. The molecule has 0 aliphatic carbocycles. The molecule has 0 atom stereocenters. The highest BCUT2D eigenvalue weighted by Gasteiger charge is 2.17. The number of ether oxygens (including phenoxy) is 1. The van der Waals surface area contributed by atoms with Gasteiger partial charge in [-0.2, -0.15) is 0 Å². The van der Waals surface area contributed by atoms with Crippen molar-refractivity contribution in [1.29, 1.82) is 0 Å². The molecule has 5 nitrogen and oxygen atoms in total. The van der Waals surface area contributed by atoms with Gasteiger partial charge in [-0.05, 0) is 31.0 Å². The van der Waals surface area contributed by atoms with Crippen molar-refractivity contribution in [2.45, 2.75) is 26.7 Å². The average Bonchev–Trinajstić information content (AvgIpc) is 2.39. The third kappa shape index (κ3) is 3.71. The molecule has 0 heterocycles. The molecule has 1 aromatic rings. The second kappa shape index (κ2) is 6.78. The fourth-order valence-electron chi connectivity index (χ4n) is 1.83. The van der Waals surface area contributed by atoms with Crippen LogP contribution in [0.3, 0.4) is 0 Å². The van der Waals surface area contributed by atoms with E-state index in [1.165, 1.54) is 25.3 Å². The summed E-state index contributed by atoms with van der Waals surface area (Å²) in [7, 11) is 1.47. The van der Waals surface area contributed by atoms with Crippen molar-refractivity contribution in [2.24, 2.45) is 5.92 Å². The number of rotatable bonds is 6. The molecule has 0 radical (unpaired) electrons. The van der Waals surface area contributed by atoms with Crippen LogP contribution in [0.25, 0.3) is 0 Å². The van der Waals surface area contributed by atoms with Crippen LogP contribution >= 0.6 is 0 Å². The number of carbonyl (C=O) groups excluding carboxylic acids is 1. The Kier molecular flexibility index (Phi) is 5.36. The van der Waals surface area contributed by atoms with Crippen LogP contribution in [0.2, 0.25) is 0 Å². The highest BCUT2D eigenvalue weighted by Crippen LogP contribution is 2.26. The SMILES string of the molecule is CCC(CC)C(=O)Nc1cc(C(=O)O)ccc1OC. The highest BCUT2D eigenvalue weighted by molar-refractivity contribution is 5.96. The number of carboxylic acids is 1. The van der Waals surface area contributed by atoms with Gasteiger partial charge in [-0.15, -0.1) is 0 Å². The molecule has 0 saturated carbocycles. The second-order valence-corrected chi connectivity index (χ2v) is 4.22. The zero-order chi connectivity index (χ0) is 14.4. The van der Waals surface area contributed by atoms with E-state index in [1.54, 1.807) is 0 Å². The van der Waals surface area contributed by atoms with Gasteiger partial charge in [0, 0.05) is 5.92 Å². The van der Waals surface area contributed by atoms with Crippen LogP contribution in [0.15, 0.2) is 18.2 Å². The number of carbonyl (C=O) groups is 2. The van der Waals surface area contributed by atoms with Crippen LogP contribution < -0.4 is 10.1 Å². The first-order valence-corrected chi connectivity index (χ1v) is 6.25. The Morgan fingerprint density at radius 3 is 2.42 bits per heavy atom. The van der Waals surface area contributed by atoms with Gasteiger partial charge in [0.1, 0.15) is 5.75 Å². The summed E-state index contributed by atoms with van der Waals surface area (Å²) in [5.41, 5.74) is 0.500. The quantitative estimate of drug-likeness (QED) is 0.829. The molecule has 0 fully saturated rings. The molecule has 0 unspecified atom stereocenters. The standard InChI is InChI=1S/C14H19NO4/c1-4-9(5-2)13(16)15-11-8-10(14(17)18)6-7-12(11)19-3/h6-9H,4-5H2,1-3H3,(H,15,16)(H,17,18). The number of anilines is 1. The molecule has 5 heteroatoms. The van der Waals surface area contributed by atoms with Crippen LogP contribution in [0, 0.1) is 5.92 Å². The van der Waals surface area contributed by atoms with Crippen molar-refractivity contribution in [1.82, 2.24) is 0 Å². The Hall–Kier alpha value is -2.04. The predicted octanol–water partition coefficient (Wildman–Crippen LogP) is 2.77. The van der Waals surface area contributed by atoms with E-state index >= 15 is 0 Å². The van der Waals surface area contributed by atoms with Crippen LogP contribution in [-0.4, -0.2) is 24.1 Å². The number of aromatic carboxylic acids is 1. The summed E-state index contributed by atoms with van der Waals surface area (Å²) in [6, 6.07) is 4.38. The Labute approximate surface area is 112 Å². The van der Waals surface area contributed by atoms with Gasteiger partial charge in [-0.3, -0.25) is 4.79 Å². The van der Waals surface area contributed by atoms with E-state index in [4.69, 9.17) is 9.84 Å². The molecule has 19 heavy (non-hydrogen) atoms. The first kappa shape index (κ1) is 15.0. The van der Waals surface area contributed by atoms with Gasteiger partial charge >= 0.3 is 5.97 Å². The summed E-state index contributed by atoms with van der Waals surface area (Å²) < 4.78 is 5.12. The molecule has 0 saturated heterocycles. The maximum atomic E-state index is 12.0. The summed E-state index contributed by atoms with van der Waals surface area (Å²) in [6.45, 7) is 3.89. The van der Waals surface area contributed by atoms with Crippen LogP contribution in [0.4, 0.5) is 5.69 Å². The lowest BCUT2D eigenvalue weighted by molar-refractivity contribution is -0.120. The Morgan fingerprint density at radius 1 is 1.32 bits per heavy atom. The number of hydrogen-bond donors (Lipinski definition) is 2. The van der Waals surface area contributed by atoms with E-state index in [1.807, 2.05) is 13.8 Å². The van der Waals surface area contributed by atoms with Gasteiger partial charge in [0.05, 0.1) is 18.4 Å². The van der Waals surface area contributed by atoms with E-state index in [-0.39, 0.29) is 17.4 Å². The molecule has 2 N–H and O–H groups in total. The summed E-state index contributed by atoms with van der Waals surface area (Å²) in [5.74, 6) is -0.797. The van der Waals surface area contributed by atoms with E-state index in [9.17, 15) is 9.59 Å². The van der Waals surface area contributed by atoms with E-state index in [0.717, 1.165) is 12.8 Å². The molecule has 0 aliphatic rings. The largest absolute Gasteiger partial charge is 0.495 e. The summed E-state index contributed by atoms with van der Waals surface area (Å²) in [6.07, 6.45) is 1.48. The Balaban J connectivity index is 3.00. The van der Waals surface area contributed by atoms with Crippen molar-refractivity contribution in [2.75, 3.05) is 12.4 Å². The Morgan fingerprint density at radius 2 is 1.95 bits per heavy atom. The van der Waals surface area contributed by atoms with Gasteiger partial charge in [-0.1, -0.05) is 13.8 Å². The van der Waals surface area contributed by atoms with Crippen LogP contribution in [0.5, 0.6) is 5.75 Å². The summed E-state index contributed by atoms with van der Waals surface area (Å²) in [4.78, 5) is 22.9. The molecule has 1 aromatic carbocycles. The maximum absolute atomic E-state index is 12.0. The van der Waals surface area contributed by atoms with Crippen molar-refractivity contribution in [3.63, 3.8) is 0 Å². The smallest absolute Gasteiger partial charge is 0.335 e. The number of benzene rings is 1. The molecule has 1 rings (SSSR count). The number of nitrogens with one attached hydrogen (secondary N) is 1. The fraction of sp³-hybridized carbons (Fsp3) is 0.429. The molecular weight excluding hydrogens is 246 g/mol. The molecular formula is C14H19NO4. The monoisotopic (exact) mass is 265 g/mol. The number of methoxy groups -OCH3 is 1. The predicted molar refractivity (Wildman–Crippen MR) is 72.7 cm³/mol. The number of carboxylic acid groups (broad SMARTS) is 1. The first-order valence-electron chi connectivity index (χ1n) is 6.25. The molecule has 0 aromatic heterocycles. The Bertz CT molecular complexity index is 467. The zero-order valence-corrected chi connectivity index (χ0v) is 11.4. The van der Waals surface area contributed by atoms with Crippen molar-refractivity contribution < 1.29 is 19.4 Å². The number of hydrogen-bond acceptors (Lipinski definition) is 3. The fourth-order valence-corrected chi connectivity index (χ4v) is 1.83. The van der Waals surface area contributed by atoms with Crippen molar-refractivity contribution >= 4 is 17.6 Å². The van der Waals surface area contributed by atoms with Crippen LogP contribution in [0.1, 0.15) is 37.0 Å². The third-order valence-corrected chi connectivity index (χ3v) is 3.06. The van der Waals surface area contributed by atoms with E-state index in [0.29, 0.717) is 11.4 Å². The van der Waals surface area contributed by atoms with Crippen molar-refractivity contribution in [3.05, 3.63) is 23.8 Å². The van der Waals surface area contributed by atoms with Gasteiger partial charge < -0.3 is 15.2 Å². The molecule has 0 aliphatic heterocycles.